The molecule has 650 valence electrons. The molecule has 0 fully saturated rings. The third kappa shape index (κ3) is 23.9. The van der Waals surface area contributed by atoms with Crippen molar-refractivity contribution < 1.29 is 51.7 Å². The SMILES string of the molecule is C.CC(C)(C)C(=O)c1cc2ccccc2o1.CC(C)(C)C(=O)c1cc2ccccn2c1.CC(C)(C)C(=O)c1cc2ccccn2n1.CC(C)(C)C(=O)c1ccc2cc[nH][n+]2c1.CC(C)(C)C(=O)c1ccc2cn[nH]c2c1.Cc1c(C(=O)C(C)(C)C)cn2ccccc12.Cc1c(C(=O)C(C)(C)C)nn2ccccc12.Cc1c(C(=O)C(C)(C)C)oc2ccccc12. The van der Waals surface area contributed by atoms with Crippen molar-refractivity contribution in [2.45, 2.75) is 194 Å². The second-order valence-electron chi connectivity index (χ2n) is 39.2. The minimum atomic E-state index is -0.404. The van der Waals surface area contributed by atoms with Crippen molar-refractivity contribution in [1.29, 1.82) is 0 Å². The molecule has 16 aromatic rings. The fourth-order valence-corrected chi connectivity index (χ4v) is 12.9. The van der Waals surface area contributed by atoms with Crippen LogP contribution in [0.25, 0.3) is 60.4 Å². The highest BCUT2D eigenvalue weighted by Gasteiger charge is 2.33. The Morgan fingerprint density at radius 2 is 0.887 bits per heavy atom. The van der Waals surface area contributed by atoms with Crippen molar-refractivity contribution in [3.8, 4) is 0 Å². The molecule has 2 N–H and O–H groups in total. The number of nitrogens with zero attached hydrogens (tertiary/aromatic N) is 8. The molecule has 13 heterocycles. The second kappa shape index (κ2) is 38.3. The van der Waals surface area contributed by atoms with E-state index in [9.17, 15) is 38.4 Å². The van der Waals surface area contributed by atoms with Crippen LogP contribution in [-0.4, -0.2) is 89.6 Å². The van der Waals surface area contributed by atoms with Gasteiger partial charge in [-0.1, -0.05) is 251 Å². The number of nitrogens with one attached hydrogen (secondary N) is 2. The summed E-state index contributed by atoms with van der Waals surface area (Å²) in [4.78, 5) is 96.5. The van der Waals surface area contributed by atoms with E-state index in [4.69, 9.17) is 8.83 Å². The van der Waals surface area contributed by atoms with Gasteiger partial charge >= 0.3 is 0 Å². The molecule has 0 radical (unpaired) electrons. The molecule has 13 aromatic heterocycles. The highest BCUT2D eigenvalue weighted by atomic mass is 16.3. The van der Waals surface area contributed by atoms with E-state index < -0.39 is 10.8 Å². The van der Waals surface area contributed by atoms with E-state index in [1.165, 1.54) is 0 Å². The molecule has 0 spiro atoms. The predicted octanol–water partition coefficient (Wildman–Crippen LogP) is 25.1. The number of benzene rings is 3. The molecule has 0 atom stereocenters. The summed E-state index contributed by atoms with van der Waals surface area (Å²) in [5.74, 6) is 1.91. The molecule has 0 aliphatic carbocycles. The molecule has 0 aliphatic heterocycles. The van der Waals surface area contributed by atoms with Gasteiger partial charge in [0.05, 0.1) is 34.5 Å². The quantitative estimate of drug-likeness (QED) is 0.106. The number of H-pyrrole nitrogens is 2. The smallest absolute Gasteiger partial charge is 0.237 e. The Kier molecular flexibility index (Phi) is 29.8. The fourth-order valence-electron chi connectivity index (χ4n) is 12.9. The molecule has 124 heavy (non-hydrogen) atoms. The lowest BCUT2D eigenvalue weighted by atomic mass is 9.86. The average Bonchev–Trinajstić information content (AvgIpc) is 1.67. The number of carbonyl (C=O) groups excluding carboxylic acids is 8. The average molecular weight is 1680 g/mol. The number of hydrogen-bond donors (Lipinski definition) is 2. The Morgan fingerprint density at radius 1 is 0.379 bits per heavy atom. The van der Waals surface area contributed by atoms with E-state index in [0.29, 0.717) is 22.9 Å². The summed E-state index contributed by atoms with van der Waals surface area (Å²) in [6, 6.07) is 55.9. The maximum absolute atomic E-state index is 12.2. The topological polar surface area (TPSA) is 255 Å². The number of furan rings is 2. The van der Waals surface area contributed by atoms with Crippen molar-refractivity contribution in [2.75, 3.05) is 0 Å². The molecule has 0 bridgehead atoms. The van der Waals surface area contributed by atoms with Gasteiger partial charge in [-0.05, 0) is 117 Å². The van der Waals surface area contributed by atoms with Gasteiger partial charge < -0.3 is 17.6 Å². The Balaban J connectivity index is 0.000000176. The molecule has 0 saturated heterocycles. The van der Waals surface area contributed by atoms with Crippen LogP contribution in [0.3, 0.4) is 0 Å². The first-order chi connectivity index (χ1) is 57.1. The van der Waals surface area contributed by atoms with Gasteiger partial charge in [0.25, 0.3) is 0 Å². The number of rotatable bonds is 8. The number of aryl methyl sites for hydroxylation is 3. The lowest BCUT2D eigenvalue weighted by Gasteiger charge is -2.16. The lowest BCUT2D eigenvalue weighted by molar-refractivity contribution is -0.576. The van der Waals surface area contributed by atoms with Gasteiger partial charge in [-0.15, -0.1) is 0 Å². The number of Topliss-reactive ketones (excluding diaryl/α,β-unsaturated/α-hetero) is 8. The molecule has 0 unspecified atom stereocenters. The second-order valence-corrected chi connectivity index (χ2v) is 39.2. The largest absolute Gasteiger partial charge is 0.453 e. The Morgan fingerprint density at radius 3 is 1.44 bits per heavy atom. The molecular weight excluding hydrogens is 1550 g/mol. The van der Waals surface area contributed by atoms with Crippen LogP contribution in [-0.2, 0) is 0 Å². The van der Waals surface area contributed by atoms with E-state index in [2.05, 4.69) is 25.5 Å². The molecule has 20 heteroatoms. The number of para-hydroxylation sites is 2. The first kappa shape index (κ1) is 96.6. The first-order valence-corrected chi connectivity index (χ1v) is 41.4. The molecule has 0 saturated carbocycles. The number of aromatic nitrogens is 10. The van der Waals surface area contributed by atoms with Gasteiger partial charge in [-0.2, -0.15) is 20.4 Å². The maximum Gasteiger partial charge on any atom is 0.237 e. The molecule has 16 rings (SSSR count). The van der Waals surface area contributed by atoms with Crippen molar-refractivity contribution >= 4 is 107 Å². The zero-order valence-electron chi connectivity index (χ0n) is 76.6. The van der Waals surface area contributed by atoms with Gasteiger partial charge in [-0.3, -0.25) is 43.5 Å². The summed E-state index contributed by atoms with van der Waals surface area (Å²) >= 11 is 0. The Labute approximate surface area is 728 Å². The summed E-state index contributed by atoms with van der Waals surface area (Å²) in [5.41, 5.74) is 11.9. The van der Waals surface area contributed by atoms with Crippen LogP contribution >= 0.6 is 0 Å². The minimum absolute atomic E-state index is 0. The van der Waals surface area contributed by atoms with E-state index in [-0.39, 0.29) is 86.2 Å². The van der Waals surface area contributed by atoms with Crippen LogP contribution in [0.2, 0.25) is 0 Å². The number of aromatic amines is 2. The van der Waals surface area contributed by atoms with Gasteiger partial charge in [0.15, 0.2) is 46.2 Å². The summed E-state index contributed by atoms with van der Waals surface area (Å²) in [6.07, 6.45) is 16.9. The van der Waals surface area contributed by atoms with E-state index in [1.54, 1.807) is 15.2 Å². The fraction of sp³-hybridized carbons (Fsp3) is 0.346. The monoisotopic (exact) mass is 1670 g/mol. The molecular formula is C104H125N10O10+. The van der Waals surface area contributed by atoms with E-state index in [0.717, 1.165) is 99.4 Å². The molecule has 0 amide bonds. The predicted molar refractivity (Wildman–Crippen MR) is 499 cm³/mol. The van der Waals surface area contributed by atoms with Crippen LogP contribution in [0.4, 0.5) is 0 Å². The third-order valence-electron chi connectivity index (χ3n) is 20.1. The highest BCUT2D eigenvalue weighted by Crippen LogP contribution is 2.34. The molecule has 20 nitrogen and oxygen atoms in total. The van der Waals surface area contributed by atoms with Crippen LogP contribution in [0.5, 0.6) is 0 Å². The number of pyridine rings is 5. The van der Waals surface area contributed by atoms with Gasteiger partial charge in [0, 0.05) is 148 Å². The van der Waals surface area contributed by atoms with E-state index in [1.807, 2.05) is 426 Å². The normalized spacial score (nSPS) is 11.9. The third-order valence-corrected chi connectivity index (χ3v) is 20.1. The lowest BCUT2D eigenvalue weighted by Crippen LogP contribution is -2.27. The molecule has 3 aromatic carbocycles. The van der Waals surface area contributed by atoms with Crippen molar-refractivity contribution in [2.24, 2.45) is 43.3 Å². The van der Waals surface area contributed by atoms with Crippen LogP contribution < -0.4 is 4.52 Å². The summed E-state index contributed by atoms with van der Waals surface area (Å²) in [6.45, 7) is 52.0. The maximum atomic E-state index is 12.2. The highest BCUT2D eigenvalue weighted by molar-refractivity contribution is 6.06. The van der Waals surface area contributed by atoms with Gasteiger partial charge in [-0.25, -0.2) is 9.03 Å². The van der Waals surface area contributed by atoms with Gasteiger partial charge in [0.1, 0.15) is 22.6 Å². The van der Waals surface area contributed by atoms with Crippen LogP contribution in [0.1, 0.15) is 274 Å². The standard InChI is InChI=1S/C14H17NO.C14H16O2.C13H16N2O.C13H15NO.C13H14O2.3C12H14N2O.CH4/c1-10-11(13(16)14(2,3)4)9-15-8-6-5-7-12(10)15;1-9-10-7-5-6-8-11(10)16-12(9)13(15)14(2,3)4;1-9-10-7-5-6-8-15(10)14-11(9)12(16)13(2,3)4;1-13(2,3)12(15)10-8-11-6-4-5-7-14(11)9-10;1-13(2,3)12(14)11-8-9-6-4-5-7-10(9)15-11;1-12(2,3)11(15)8-4-5-9-7-13-14-10(9)6-8;1-12(2,3)11(15)9-4-5-10-6-7-13-14(10)8-9;1-12(2,3)11(15)10-8-9-6-4-5-7-14(9)13-10;/h5-9H,1-4H3;2*5-8H,1-4H3;4-9H,1-3H3;4-8H,1-3H3;4-7H,1-3H3,(H,13,14);2*4-8H,1-3H3;1H4/p+1. The van der Waals surface area contributed by atoms with E-state index >= 15 is 0 Å². The number of carbonyl (C=O) groups is 8. The summed E-state index contributed by atoms with van der Waals surface area (Å²) in [7, 11) is 0. The number of ketones is 8. The zero-order valence-corrected chi connectivity index (χ0v) is 76.6. The Bertz CT molecular complexity index is 5790. The Hall–Kier alpha value is -12.8. The van der Waals surface area contributed by atoms with Crippen molar-refractivity contribution in [3.05, 3.63) is 294 Å². The number of fused-ring (bicyclic) bond motifs is 8. The summed E-state index contributed by atoms with van der Waals surface area (Å²) < 4.78 is 20.4. The summed E-state index contributed by atoms with van der Waals surface area (Å²) in [5, 5.41) is 21.4. The van der Waals surface area contributed by atoms with Crippen LogP contribution in [0, 0.1) is 64.1 Å². The number of hydrogen-bond acceptors (Lipinski definition) is 13. The van der Waals surface area contributed by atoms with Gasteiger partial charge in [0.2, 0.25) is 23.3 Å². The van der Waals surface area contributed by atoms with Crippen LogP contribution in [0.15, 0.2) is 241 Å². The first-order valence-electron chi connectivity index (χ1n) is 41.4. The molecule has 0 aliphatic rings. The minimum Gasteiger partial charge on any atom is -0.453 e. The van der Waals surface area contributed by atoms with Crippen molar-refractivity contribution in [3.63, 3.8) is 0 Å². The van der Waals surface area contributed by atoms with Crippen molar-refractivity contribution in [1.82, 2.24) is 43.3 Å². The zero-order chi connectivity index (χ0) is 91.0.